The standard InChI is InChI=1S/C32H33NO4/c1-25(23-36-24-31(35)22-34)37-32-20-16-27(17-21-32)13-12-26-14-18-30(19-15-26)33(28-8-4-2-5-9-28)29-10-6-3-7-11-29/h2-11,14-21,23,31,34-35H,12-13,22,24H2,1H3/b25-23-. The van der Waals surface area contributed by atoms with Crippen molar-refractivity contribution in [1.82, 2.24) is 0 Å². The highest BCUT2D eigenvalue weighted by Gasteiger charge is 2.11. The van der Waals surface area contributed by atoms with Gasteiger partial charge in [-0.15, -0.1) is 0 Å². The molecule has 0 saturated carbocycles. The summed E-state index contributed by atoms with van der Waals surface area (Å²) in [5, 5.41) is 18.1. The van der Waals surface area contributed by atoms with Crippen LogP contribution in [0.5, 0.6) is 5.75 Å². The summed E-state index contributed by atoms with van der Waals surface area (Å²) in [6, 6.07) is 37.6. The van der Waals surface area contributed by atoms with Crippen LogP contribution in [0.1, 0.15) is 18.1 Å². The second-order valence-electron chi connectivity index (χ2n) is 8.82. The van der Waals surface area contributed by atoms with Crippen LogP contribution in [0.15, 0.2) is 121 Å². The van der Waals surface area contributed by atoms with Gasteiger partial charge in [-0.25, -0.2) is 0 Å². The molecule has 0 bridgehead atoms. The van der Waals surface area contributed by atoms with Crippen molar-refractivity contribution in [3.63, 3.8) is 0 Å². The number of anilines is 3. The molecule has 4 aromatic rings. The van der Waals surface area contributed by atoms with Gasteiger partial charge in [0.1, 0.15) is 30.5 Å². The predicted molar refractivity (Wildman–Crippen MR) is 148 cm³/mol. The van der Waals surface area contributed by atoms with E-state index in [9.17, 15) is 5.11 Å². The minimum atomic E-state index is -0.897. The first kappa shape index (κ1) is 26.0. The molecule has 0 saturated heterocycles. The molecule has 37 heavy (non-hydrogen) atoms. The summed E-state index contributed by atoms with van der Waals surface area (Å²) < 4.78 is 10.9. The van der Waals surface area contributed by atoms with Crippen LogP contribution in [-0.4, -0.2) is 29.5 Å². The van der Waals surface area contributed by atoms with E-state index in [4.69, 9.17) is 14.6 Å². The van der Waals surface area contributed by atoms with Gasteiger partial charge < -0.3 is 24.6 Å². The number of ether oxygens (including phenoxy) is 2. The van der Waals surface area contributed by atoms with Gasteiger partial charge in [0.15, 0.2) is 0 Å². The second-order valence-corrected chi connectivity index (χ2v) is 8.82. The summed E-state index contributed by atoms with van der Waals surface area (Å²) >= 11 is 0. The van der Waals surface area contributed by atoms with Gasteiger partial charge in [-0.2, -0.15) is 0 Å². The Morgan fingerprint density at radius 1 is 0.730 bits per heavy atom. The fourth-order valence-electron chi connectivity index (χ4n) is 3.97. The van der Waals surface area contributed by atoms with Crippen LogP contribution in [0.25, 0.3) is 0 Å². The summed E-state index contributed by atoms with van der Waals surface area (Å²) in [5.41, 5.74) is 5.90. The first-order valence-corrected chi connectivity index (χ1v) is 12.5. The fourth-order valence-corrected chi connectivity index (χ4v) is 3.97. The molecule has 2 N–H and O–H groups in total. The molecule has 0 radical (unpaired) electrons. The van der Waals surface area contributed by atoms with Gasteiger partial charge in [0.05, 0.1) is 6.61 Å². The van der Waals surface area contributed by atoms with Crippen LogP contribution in [0.2, 0.25) is 0 Å². The first-order valence-electron chi connectivity index (χ1n) is 12.5. The SMILES string of the molecule is C/C(=C/OCC(O)CO)Oc1ccc(CCc2ccc(N(c3ccccc3)c3ccccc3)cc2)cc1. The zero-order valence-corrected chi connectivity index (χ0v) is 21.0. The van der Waals surface area contributed by atoms with Crippen molar-refractivity contribution in [2.75, 3.05) is 18.1 Å². The van der Waals surface area contributed by atoms with Crippen molar-refractivity contribution in [3.05, 3.63) is 132 Å². The highest BCUT2D eigenvalue weighted by atomic mass is 16.5. The van der Waals surface area contributed by atoms with Crippen molar-refractivity contribution in [3.8, 4) is 5.75 Å². The molecule has 0 amide bonds. The van der Waals surface area contributed by atoms with E-state index < -0.39 is 6.10 Å². The Hall–Kier alpha value is -4.06. The normalized spacial score (nSPS) is 12.1. The van der Waals surface area contributed by atoms with Crippen molar-refractivity contribution in [2.45, 2.75) is 25.9 Å². The van der Waals surface area contributed by atoms with Crippen molar-refractivity contribution >= 4 is 17.1 Å². The van der Waals surface area contributed by atoms with Crippen LogP contribution in [0.3, 0.4) is 0 Å². The van der Waals surface area contributed by atoms with E-state index in [2.05, 4.69) is 89.8 Å². The Bertz CT molecular complexity index is 1200. The van der Waals surface area contributed by atoms with Gasteiger partial charge in [-0.3, -0.25) is 0 Å². The van der Waals surface area contributed by atoms with E-state index in [1.54, 1.807) is 6.92 Å². The molecule has 0 heterocycles. The molecular weight excluding hydrogens is 462 g/mol. The van der Waals surface area contributed by atoms with Crippen molar-refractivity contribution < 1.29 is 19.7 Å². The molecule has 5 nitrogen and oxygen atoms in total. The molecule has 0 aliphatic carbocycles. The number of hydrogen-bond acceptors (Lipinski definition) is 5. The number of rotatable bonds is 12. The molecule has 4 aromatic carbocycles. The van der Waals surface area contributed by atoms with E-state index in [1.165, 1.54) is 17.4 Å². The summed E-state index contributed by atoms with van der Waals surface area (Å²) in [5.74, 6) is 1.29. The maximum Gasteiger partial charge on any atom is 0.135 e. The lowest BCUT2D eigenvalue weighted by molar-refractivity contribution is 0.0367. The Morgan fingerprint density at radius 3 is 1.73 bits per heavy atom. The Balaban J connectivity index is 1.35. The monoisotopic (exact) mass is 495 g/mol. The predicted octanol–water partition coefficient (Wildman–Crippen LogP) is 6.55. The van der Waals surface area contributed by atoms with Gasteiger partial charge in [-0.05, 0) is 79.4 Å². The highest BCUT2D eigenvalue weighted by molar-refractivity contribution is 5.76. The number of aryl methyl sites for hydroxylation is 2. The van der Waals surface area contributed by atoms with E-state index in [-0.39, 0.29) is 13.2 Å². The van der Waals surface area contributed by atoms with E-state index in [0.29, 0.717) is 5.76 Å². The first-order chi connectivity index (χ1) is 18.1. The average Bonchev–Trinajstić information content (AvgIpc) is 2.94. The average molecular weight is 496 g/mol. The van der Waals surface area contributed by atoms with Crippen LogP contribution < -0.4 is 9.64 Å². The van der Waals surface area contributed by atoms with Crippen LogP contribution in [0, 0.1) is 0 Å². The number of para-hydroxylation sites is 2. The summed E-state index contributed by atoms with van der Waals surface area (Å²) in [7, 11) is 0. The van der Waals surface area contributed by atoms with Crippen molar-refractivity contribution in [2.24, 2.45) is 0 Å². The van der Waals surface area contributed by atoms with Gasteiger partial charge in [0.25, 0.3) is 0 Å². The maximum absolute atomic E-state index is 9.31. The molecule has 0 spiro atoms. The zero-order chi connectivity index (χ0) is 25.9. The van der Waals surface area contributed by atoms with Gasteiger partial charge in [0, 0.05) is 17.1 Å². The number of aliphatic hydroxyl groups excluding tert-OH is 2. The molecule has 1 atom stereocenters. The van der Waals surface area contributed by atoms with Gasteiger partial charge >= 0.3 is 0 Å². The minimum Gasteiger partial charge on any atom is -0.495 e. The molecule has 0 aromatic heterocycles. The molecule has 190 valence electrons. The Morgan fingerprint density at radius 2 is 1.22 bits per heavy atom. The maximum atomic E-state index is 9.31. The Labute approximate surface area is 218 Å². The second kappa shape index (κ2) is 13.3. The van der Waals surface area contributed by atoms with Crippen molar-refractivity contribution in [1.29, 1.82) is 0 Å². The summed E-state index contributed by atoms with van der Waals surface area (Å²) in [4.78, 5) is 2.26. The topological polar surface area (TPSA) is 62.2 Å². The van der Waals surface area contributed by atoms with Gasteiger partial charge in [0.2, 0.25) is 0 Å². The van der Waals surface area contributed by atoms with E-state index in [1.807, 2.05) is 24.3 Å². The number of aliphatic hydroxyl groups is 2. The van der Waals surface area contributed by atoms with E-state index >= 15 is 0 Å². The summed E-state index contributed by atoms with van der Waals surface area (Å²) in [6.07, 6.45) is 2.41. The lowest BCUT2D eigenvalue weighted by Crippen LogP contribution is -2.17. The molecule has 0 fully saturated rings. The number of nitrogens with zero attached hydrogens (tertiary/aromatic N) is 1. The largest absolute Gasteiger partial charge is 0.495 e. The number of benzene rings is 4. The van der Waals surface area contributed by atoms with Crippen LogP contribution >= 0.6 is 0 Å². The smallest absolute Gasteiger partial charge is 0.135 e. The van der Waals surface area contributed by atoms with E-state index in [0.717, 1.165) is 35.7 Å². The molecule has 1 unspecified atom stereocenters. The quantitative estimate of drug-likeness (QED) is 0.218. The van der Waals surface area contributed by atoms with Crippen LogP contribution in [-0.2, 0) is 17.6 Å². The van der Waals surface area contributed by atoms with Gasteiger partial charge in [-0.1, -0.05) is 60.7 Å². The lowest BCUT2D eigenvalue weighted by atomic mass is 10.0. The summed E-state index contributed by atoms with van der Waals surface area (Å²) in [6.45, 7) is 1.46. The molecule has 0 aliphatic heterocycles. The fraction of sp³-hybridized carbons (Fsp3) is 0.188. The molecular formula is C32H33NO4. The number of allylic oxidation sites excluding steroid dienone is 1. The molecule has 4 rings (SSSR count). The molecule has 0 aliphatic rings. The van der Waals surface area contributed by atoms with Crippen LogP contribution in [0.4, 0.5) is 17.1 Å². The highest BCUT2D eigenvalue weighted by Crippen LogP contribution is 2.34. The third-order valence-corrected chi connectivity index (χ3v) is 5.88. The molecule has 5 heteroatoms. The zero-order valence-electron chi connectivity index (χ0n) is 21.0. The third-order valence-electron chi connectivity index (χ3n) is 5.88. The third kappa shape index (κ3) is 7.71. The minimum absolute atomic E-state index is 0.0215. The lowest BCUT2D eigenvalue weighted by Gasteiger charge is -2.25. The Kier molecular flexibility index (Phi) is 9.35. The number of hydrogen-bond donors (Lipinski definition) is 2.